The Hall–Kier alpha value is -1.70. The molecule has 0 N–H and O–H groups in total. The molecule has 1 aromatic rings. The van der Waals surface area contributed by atoms with Gasteiger partial charge < -0.3 is 9.64 Å². The lowest BCUT2D eigenvalue weighted by molar-refractivity contribution is 0.0219. The first-order valence-corrected chi connectivity index (χ1v) is 9.16. The molecule has 8 heteroatoms. The average molecular weight is 341 g/mol. The molecule has 0 saturated carbocycles. The van der Waals surface area contributed by atoms with Crippen LogP contribution in [0, 0.1) is 6.92 Å². The minimum absolute atomic E-state index is 0.106. The first-order valence-electron chi connectivity index (χ1n) is 7.61. The van der Waals surface area contributed by atoms with Gasteiger partial charge in [-0.25, -0.2) is 23.2 Å². The molecule has 0 bridgehead atoms. The summed E-state index contributed by atoms with van der Waals surface area (Å²) < 4.78 is 30.7. The van der Waals surface area contributed by atoms with Gasteiger partial charge in [-0.2, -0.15) is 0 Å². The van der Waals surface area contributed by atoms with Gasteiger partial charge in [-0.05, 0) is 46.6 Å². The summed E-state index contributed by atoms with van der Waals surface area (Å²) in [5.74, 6) is 0. The fourth-order valence-electron chi connectivity index (χ4n) is 2.40. The molecule has 2 rings (SSSR count). The standard InChI is InChI=1S/C15H23N3O4S/c1-11-7-8-16-13(17-11)23(20,21)12-6-5-9-18(10-12)14(19)22-15(2,3)4/h7-8,12H,5-6,9-10H2,1-4H3/t12-/m0/s1. The van der Waals surface area contributed by atoms with Crippen molar-refractivity contribution < 1.29 is 17.9 Å². The molecule has 0 spiro atoms. The summed E-state index contributed by atoms with van der Waals surface area (Å²) in [6.45, 7) is 7.66. The zero-order chi connectivity index (χ0) is 17.3. The zero-order valence-electron chi connectivity index (χ0n) is 13.9. The van der Waals surface area contributed by atoms with E-state index in [-0.39, 0.29) is 11.7 Å². The van der Waals surface area contributed by atoms with Crippen molar-refractivity contribution in [3.63, 3.8) is 0 Å². The highest BCUT2D eigenvalue weighted by molar-refractivity contribution is 7.91. The van der Waals surface area contributed by atoms with Crippen LogP contribution in [0.25, 0.3) is 0 Å². The Balaban J connectivity index is 2.16. The van der Waals surface area contributed by atoms with Gasteiger partial charge in [0.1, 0.15) is 5.60 Å². The summed E-state index contributed by atoms with van der Waals surface area (Å²) in [6.07, 6.45) is 2.04. The van der Waals surface area contributed by atoms with E-state index < -0.39 is 26.8 Å². The third-order valence-electron chi connectivity index (χ3n) is 3.50. The van der Waals surface area contributed by atoms with Gasteiger partial charge in [0.05, 0.1) is 5.25 Å². The van der Waals surface area contributed by atoms with Crippen LogP contribution in [0.15, 0.2) is 17.4 Å². The SMILES string of the molecule is Cc1ccnc(S(=O)(=O)[C@H]2CCCN(C(=O)OC(C)(C)C)C2)n1. The van der Waals surface area contributed by atoms with Crippen molar-refractivity contribution in [3.8, 4) is 0 Å². The number of aryl methyl sites for hydroxylation is 1. The van der Waals surface area contributed by atoms with Gasteiger partial charge in [-0.1, -0.05) is 0 Å². The minimum atomic E-state index is -3.67. The third kappa shape index (κ3) is 4.40. The van der Waals surface area contributed by atoms with E-state index in [4.69, 9.17) is 4.74 Å². The first kappa shape index (κ1) is 17.7. The van der Waals surface area contributed by atoms with E-state index >= 15 is 0 Å². The van der Waals surface area contributed by atoms with Crippen LogP contribution in [0.5, 0.6) is 0 Å². The molecule has 1 atom stereocenters. The van der Waals surface area contributed by atoms with Gasteiger partial charge in [-0.3, -0.25) is 0 Å². The Morgan fingerprint density at radius 3 is 2.70 bits per heavy atom. The topological polar surface area (TPSA) is 89.5 Å². The van der Waals surface area contributed by atoms with Gasteiger partial charge in [-0.15, -0.1) is 0 Å². The van der Waals surface area contributed by atoms with Crippen molar-refractivity contribution in [1.82, 2.24) is 14.9 Å². The minimum Gasteiger partial charge on any atom is -0.444 e. The second kappa shape index (κ2) is 6.43. The van der Waals surface area contributed by atoms with Gasteiger partial charge in [0.2, 0.25) is 15.0 Å². The molecule has 1 fully saturated rings. The Morgan fingerprint density at radius 2 is 2.09 bits per heavy atom. The molecular formula is C15H23N3O4S. The highest BCUT2D eigenvalue weighted by Gasteiger charge is 2.36. The summed E-state index contributed by atoms with van der Waals surface area (Å²) in [7, 11) is -3.67. The van der Waals surface area contributed by atoms with Crippen molar-refractivity contribution in [2.45, 2.75) is 56.5 Å². The highest BCUT2D eigenvalue weighted by atomic mass is 32.2. The van der Waals surface area contributed by atoms with Crippen LogP contribution in [-0.4, -0.2) is 53.3 Å². The van der Waals surface area contributed by atoms with Crippen LogP contribution in [0.4, 0.5) is 4.79 Å². The predicted molar refractivity (Wildman–Crippen MR) is 84.8 cm³/mol. The van der Waals surface area contributed by atoms with Crippen LogP contribution >= 0.6 is 0 Å². The second-order valence-corrected chi connectivity index (χ2v) is 8.84. The molecule has 1 aromatic heterocycles. The number of carbonyl (C=O) groups excluding carboxylic acids is 1. The van der Waals surface area contributed by atoms with Crippen molar-refractivity contribution in [3.05, 3.63) is 18.0 Å². The molecule has 23 heavy (non-hydrogen) atoms. The fraction of sp³-hybridized carbons (Fsp3) is 0.667. The quantitative estimate of drug-likeness (QED) is 0.764. The van der Waals surface area contributed by atoms with Crippen molar-refractivity contribution in [2.24, 2.45) is 0 Å². The normalized spacial score (nSPS) is 19.5. The van der Waals surface area contributed by atoms with Gasteiger partial charge in [0, 0.05) is 25.0 Å². The molecule has 1 aliphatic heterocycles. The lowest BCUT2D eigenvalue weighted by Crippen LogP contribution is -2.47. The number of sulfone groups is 1. The molecule has 128 valence electrons. The molecular weight excluding hydrogens is 318 g/mol. The number of hydrogen-bond acceptors (Lipinski definition) is 6. The summed E-state index contributed by atoms with van der Waals surface area (Å²) >= 11 is 0. The van der Waals surface area contributed by atoms with Crippen LogP contribution in [0.2, 0.25) is 0 Å². The lowest BCUT2D eigenvalue weighted by Gasteiger charge is -2.33. The molecule has 1 aliphatic rings. The molecule has 1 saturated heterocycles. The summed E-state index contributed by atoms with van der Waals surface area (Å²) in [6, 6.07) is 1.65. The second-order valence-electron chi connectivity index (χ2n) is 6.72. The van der Waals surface area contributed by atoms with Gasteiger partial charge in [0.15, 0.2) is 0 Å². The van der Waals surface area contributed by atoms with E-state index in [1.807, 2.05) is 0 Å². The van der Waals surface area contributed by atoms with Crippen LogP contribution < -0.4 is 0 Å². The number of rotatable bonds is 2. The summed E-state index contributed by atoms with van der Waals surface area (Å²) in [4.78, 5) is 21.5. The van der Waals surface area contributed by atoms with E-state index in [1.165, 1.54) is 11.1 Å². The fourth-order valence-corrected chi connectivity index (χ4v) is 4.03. The van der Waals surface area contributed by atoms with E-state index in [0.29, 0.717) is 25.1 Å². The number of hydrogen-bond donors (Lipinski definition) is 0. The first-order chi connectivity index (χ1) is 10.6. The van der Waals surface area contributed by atoms with E-state index in [0.717, 1.165) is 0 Å². The Kier molecular flexibility index (Phi) is 4.93. The van der Waals surface area contributed by atoms with Crippen molar-refractivity contribution in [1.29, 1.82) is 0 Å². The highest BCUT2D eigenvalue weighted by Crippen LogP contribution is 2.23. The number of nitrogens with zero attached hydrogens (tertiary/aromatic N) is 3. The predicted octanol–water partition coefficient (Wildman–Crippen LogP) is 1.96. The number of ether oxygens (including phenoxy) is 1. The largest absolute Gasteiger partial charge is 0.444 e. The Bertz CT molecular complexity index is 682. The Labute approximate surface area is 137 Å². The molecule has 0 unspecified atom stereocenters. The van der Waals surface area contributed by atoms with Crippen LogP contribution in [-0.2, 0) is 14.6 Å². The van der Waals surface area contributed by atoms with Crippen LogP contribution in [0.1, 0.15) is 39.3 Å². The third-order valence-corrected chi connectivity index (χ3v) is 5.46. The van der Waals surface area contributed by atoms with Crippen molar-refractivity contribution in [2.75, 3.05) is 13.1 Å². The number of amides is 1. The smallest absolute Gasteiger partial charge is 0.410 e. The molecule has 0 radical (unpaired) electrons. The summed E-state index contributed by atoms with van der Waals surface area (Å²) in [5, 5.41) is -0.876. The van der Waals surface area contributed by atoms with E-state index in [1.54, 1.807) is 33.8 Å². The lowest BCUT2D eigenvalue weighted by atomic mass is 10.1. The molecule has 1 amide bonds. The maximum Gasteiger partial charge on any atom is 0.410 e. The van der Waals surface area contributed by atoms with Gasteiger partial charge >= 0.3 is 6.09 Å². The maximum absolute atomic E-state index is 12.7. The summed E-state index contributed by atoms with van der Waals surface area (Å²) in [5.41, 5.74) is -0.0129. The molecule has 0 aromatic carbocycles. The zero-order valence-corrected chi connectivity index (χ0v) is 14.8. The molecule has 0 aliphatic carbocycles. The van der Waals surface area contributed by atoms with Crippen LogP contribution in [0.3, 0.4) is 0 Å². The monoisotopic (exact) mass is 341 g/mol. The molecule has 2 heterocycles. The molecule has 7 nitrogen and oxygen atoms in total. The maximum atomic E-state index is 12.7. The van der Waals surface area contributed by atoms with Crippen molar-refractivity contribution >= 4 is 15.9 Å². The Morgan fingerprint density at radius 1 is 1.39 bits per heavy atom. The number of piperidine rings is 1. The number of aromatic nitrogens is 2. The van der Waals surface area contributed by atoms with Gasteiger partial charge in [0.25, 0.3) is 0 Å². The number of carbonyl (C=O) groups is 1. The van der Waals surface area contributed by atoms with E-state index in [9.17, 15) is 13.2 Å². The average Bonchev–Trinajstić information content (AvgIpc) is 2.45. The van der Waals surface area contributed by atoms with E-state index in [2.05, 4.69) is 9.97 Å². The number of likely N-dealkylation sites (tertiary alicyclic amines) is 1.